The lowest BCUT2D eigenvalue weighted by atomic mass is 10.1. The van der Waals surface area contributed by atoms with E-state index in [1.165, 1.54) is 5.56 Å². The molecule has 0 atom stereocenters. The predicted molar refractivity (Wildman–Crippen MR) is 101 cm³/mol. The molecule has 1 aromatic heterocycles. The molecule has 0 aliphatic carbocycles. The number of aromatic nitrogens is 1. The fraction of sp³-hybridized carbons (Fsp3) is 0.368. The molecule has 0 unspecified atom stereocenters. The van der Waals surface area contributed by atoms with Gasteiger partial charge in [0.1, 0.15) is 13.2 Å². The molecule has 1 saturated heterocycles. The van der Waals surface area contributed by atoms with Crippen molar-refractivity contribution in [1.29, 1.82) is 0 Å². The SMILES string of the molecule is O=C(c1cncc(Br)c1)N1CCN(Cc2ccc3c(c2)OCCO3)CC1. The number of amides is 1. The second kappa shape index (κ2) is 7.63. The molecule has 4 rings (SSSR count). The van der Waals surface area contributed by atoms with Crippen LogP contribution < -0.4 is 9.47 Å². The van der Waals surface area contributed by atoms with Crippen molar-refractivity contribution in [2.45, 2.75) is 6.54 Å². The van der Waals surface area contributed by atoms with Crippen LogP contribution >= 0.6 is 15.9 Å². The summed E-state index contributed by atoms with van der Waals surface area (Å²) in [6, 6.07) is 7.93. The highest BCUT2D eigenvalue weighted by Gasteiger charge is 2.23. The first-order chi connectivity index (χ1) is 12.7. The van der Waals surface area contributed by atoms with E-state index in [0.29, 0.717) is 18.8 Å². The van der Waals surface area contributed by atoms with Crippen LogP contribution in [-0.4, -0.2) is 60.1 Å². The normalized spacial score (nSPS) is 17.2. The molecule has 2 aliphatic rings. The number of benzene rings is 1. The van der Waals surface area contributed by atoms with Gasteiger partial charge in [-0.1, -0.05) is 6.07 Å². The van der Waals surface area contributed by atoms with Crippen LogP contribution in [0.25, 0.3) is 0 Å². The maximum absolute atomic E-state index is 12.6. The van der Waals surface area contributed by atoms with Crippen LogP contribution in [-0.2, 0) is 6.54 Å². The molecule has 136 valence electrons. The highest BCUT2D eigenvalue weighted by Crippen LogP contribution is 2.31. The highest BCUT2D eigenvalue weighted by atomic mass is 79.9. The number of nitrogens with zero attached hydrogens (tertiary/aromatic N) is 3. The average molecular weight is 418 g/mol. The van der Waals surface area contributed by atoms with E-state index >= 15 is 0 Å². The first-order valence-electron chi connectivity index (χ1n) is 8.70. The Bertz CT molecular complexity index is 806. The first kappa shape index (κ1) is 17.3. The third kappa shape index (κ3) is 3.83. The van der Waals surface area contributed by atoms with Crippen LogP contribution in [0, 0.1) is 0 Å². The third-order valence-electron chi connectivity index (χ3n) is 4.62. The van der Waals surface area contributed by atoms with Gasteiger partial charge in [-0.3, -0.25) is 14.7 Å². The number of piperazine rings is 1. The van der Waals surface area contributed by atoms with Crippen LogP contribution in [0.5, 0.6) is 11.5 Å². The molecule has 3 heterocycles. The molecule has 26 heavy (non-hydrogen) atoms. The van der Waals surface area contributed by atoms with Crippen molar-refractivity contribution < 1.29 is 14.3 Å². The molecule has 0 bridgehead atoms. The Morgan fingerprint density at radius 1 is 1.04 bits per heavy atom. The Morgan fingerprint density at radius 2 is 1.81 bits per heavy atom. The summed E-state index contributed by atoms with van der Waals surface area (Å²) in [4.78, 5) is 20.9. The molecule has 0 saturated carbocycles. The smallest absolute Gasteiger partial charge is 0.255 e. The van der Waals surface area contributed by atoms with E-state index in [4.69, 9.17) is 9.47 Å². The van der Waals surface area contributed by atoms with Gasteiger partial charge in [-0.25, -0.2) is 0 Å². The molecule has 6 nitrogen and oxygen atoms in total. The third-order valence-corrected chi connectivity index (χ3v) is 5.06. The van der Waals surface area contributed by atoms with E-state index in [1.54, 1.807) is 12.4 Å². The van der Waals surface area contributed by atoms with Gasteiger partial charge in [0.05, 0.1) is 5.56 Å². The number of pyridine rings is 1. The topological polar surface area (TPSA) is 54.9 Å². The molecule has 7 heteroatoms. The minimum Gasteiger partial charge on any atom is -0.486 e. The van der Waals surface area contributed by atoms with Crippen molar-refractivity contribution in [1.82, 2.24) is 14.8 Å². The minimum absolute atomic E-state index is 0.0396. The van der Waals surface area contributed by atoms with E-state index in [9.17, 15) is 4.79 Å². The predicted octanol–water partition coefficient (Wildman–Crippen LogP) is 2.57. The fourth-order valence-electron chi connectivity index (χ4n) is 3.26. The van der Waals surface area contributed by atoms with Crippen molar-refractivity contribution in [3.63, 3.8) is 0 Å². The maximum atomic E-state index is 12.6. The zero-order valence-corrected chi connectivity index (χ0v) is 15.9. The zero-order valence-electron chi connectivity index (χ0n) is 14.4. The number of rotatable bonds is 3. The lowest BCUT2D eigenvalue weighted by molar-refractivity contribution is 0.0627. The van der Waals surface area contributed by atoms with E-state index < -0.39 is 0 Å². The number of carbonyl (C=O) groups excluding carboxylic acids is 1. The summed E-state index contributed by atoms with van der Waals surface area (Å²) in [5.74, 6) is 1.68. The molecule has 1 amide bonds. The van der Waals surface area contributed by atoms with Gasteiger partial charge < -0.3 is 14.4 Å². The number of ether oxygens (including phenoxy) is 2. The Kier molecular flexibility index (Phi) is 5.08. The molecule has 0 N–H and O–H groups in total. The highest BCUT2D eigenvalue weighted by molar-refractivity contribution is 9.10. The summed E-state index contributed by atoms with van der Waals surface area (Å²) in [6.07, 6.45) is 3.30. The first-order valence-corrected chi connectivity index (χ1v) is 9.49. The monoisotopic (exact) mass is 417 g/mol. The van der Waals surface area contributed by atoms with Crippen molar-refractivity contribution in [3.05, 3.63) is 52.3 Å². The number of hydrogen-bond acceptors (Lipinski definition) is 5. The summed E-state index contributed by atoms with van der Waals surface area (Å²) in [7, 11) is 0. The summed E-state index contributed by atoms with van der Waals surface area (Å²) in [5, 5.41) is 0. The lowest BCUT2D eigenvalue weighted by Crippen LogP contribution is -2.48. The Hall–Kier alpha value is -2.12. The van der Waals surface area contributed by atoms with Crippen LogP contribution in [0.1, 0.15) is 15.9 Å². The van der Waals surface area contributed by atoms with Gasteiger partial charge in [0.15, 0.2) is 11.5 Å². The quantitative estimate of drug-likeness (QED) is 0.767. The molecule has 1 fully saturated rings. The molecule has 2 aromatic rings. The summed E-state index contributed by atoms with van der Waals surface area (Å²) in [6.45, 7) is 5.18. The molecule has 1 aromatic carbocycles. The van der Waals surface area contributed by atoms with Crippen LogP contribution in [0.2, 0.25) is 0 Å². The molecule has 0 spiro atoms. The summed E-state index contributed by atoms with van der Waals surface area (Å²) < 4.78 is 12.0. The van der Waals surface area contributed by atoms with E-state index in [2.05, 4.69) is 37.9 Å². The Labute approximate surface area is 160 Å². The van der Waals surface area contributed by atoms with Crippen molar-refractivity contribution >= 4 is 21.8 Å². The average Bonchev–Trinajstić information content (AvgIpc) is 2.68. The van der Waals surface area contributed by atoms with Crippen LogP contribution in [0.15, 0.2) is 41.1 Å². The van der Waals surface area contributed by atoms with Gasteiger partial charge in [-0.2, -0.15) is 0 Å². The van der Waals surface area contributed by atoms with Gasteiger partial charge in [0.2, 0.25) is 0 Å². The maximum Gasteiger partial charge on any atom is 0.255 e. The van der Waals surface area contributed by atoms with Gasteiger partial charge in [-0.05, 0) is 39.7 Å². The number of hydrogen-bond donors (Lipinski definition) is 0. The van der Waals surface area contributed by atoms with Gasteiger partial charge >= 0.3 is 0 Å². The molecule has 0 radical (unpaired) electrons. The van der Waals surface area contributed by atoms with E-state index in [0.717, 1.165) is 48.7 Å². The number of halogens is 1. The van der Waals surface area contributed by atoms with Crippen LogP contribution in [0.3, 0.4) is 0 Å². The number of carbonyl (C=O) groups is 1. The standard InChI is InChI=1S/C19H20BrN3O3/c20-16-10-15(11-21-12-16)19(24)23-5-3-22(4-6-23)13-14-1-2-17-18(9-14)26-8-7-25-17/h1-2,9-12H,3-8,13H2. The van der Waals surface area contributed by atoms with Crippen LogP contribution in [0.4, 0.5) is 0 Å². The van der Waals surface area contributed by atoms with E-state index in [-0.39, 0.29) is 5.91 Å². The van der Waals surface area contributed by atoms with Gasteiger partial charge in [-0.15, -0.1) is 0 Å². The molecular weight excluding hydrogens is 398 g/mol. The van der Waals surface area contributed by atoms with Gasteiger partial charge in [0.25, 0.3) is 5.91 Å². The summed E-state index contributed by atoms with van der Waals surface area (Å²) >= 11 is 3.37. The summed E-state index contributed by atoms with van der Waals surface area (Å²) in [5.41, 5.74) is 1.82. The largest absolute Gasteiger partial charge is 0.486 e. The van der Waals surface area contributed by atoms with Gasteiger partial charge in [0, 0.05) is 49.6 Å². The molecular formula is C19H20BrN3O3. The minimum atomic E-state index is 0.0396. The lowest BCUT2D eigenvalue weighted by Gasteiger charge is -2.35. The van der Waals surface area contributed by atoms with Crippen molar-refractivity contribution in [2.75, 3.05) is 39.4 Å². The fourth-order valence-corrected chi connectivity index (χ4v) is 3.63. The second-order valence-corrected chi connectivity index (χ2v) is 7.35. The van der Waals surface area contributed by atoms with E-state index in [1.807, 2.05) is 17.0 Å². The van der Waals surface area contributed by atoms with Crippen molar-refractivity contribution in [3.8, 4) is 11.5 Å². The Balaban J connectivity index is 1.34. The Morgan fingerprint density at radius 3 is 2.58 bits per heavy atom. The zero-order chi connectivity index (χ0) is 17.9. The molecule has 2 aliphatic heterocycles. The number of fused-ring (bicyclic) bond motifs is 1. The van der Waals surface area contributed by atoms with Crippen molar-refractivity contribution in [2.24, 2.45) is 0 Å². The second-order valence-electron chi connectivity index (χ2n) is 6.44.